The van der Waals surface area contributed by atoms with Gasteiger partial charge in [0.1, 0.15) is 5.82 Å². The molecule has 1 nitrogen and oxygen atoms in total. The van der Waals surface area contributed by atoms with Crippen molar-refractivity contribution in [2.24, 2.45) is 5.92 Å². The molecule has 0 aliphatic heterocycles. The molecular formula is C16H25ClFN. The second-order valence-electron chi connectivity index (χ2n) is 5.23. The van der Waals surface area contributed by atoms with Gasteiger partial charge in [0, 0.05) is 11.1 Å². The first-order valence-corrected chi connectivity index (χ1v) is 7.55. The van der Waals surface area contributed by atoms with E-state index in [1.54, 1.807) is 6.92 Å². The summed E-state index contributed by atoms with van der Waals surface area (Å²) in [6, 6.07) is 3.52. The van der Waals surface area contributed by atoms with Crippen LogP contribution < -0.4 is 5.32 Å². The molecule has 0 saturated heterocycles. The van der Waals surface area contributed by atoms with Crippen LogP contribution in [0.3, 0.4) is 0 Å². The topological polar surface area (TPSA) is 12.0 Å². The van der Waals surface area contributed by atoms with Gasteiger partial charge in [-0.1, -0.05) is 44.4 Å². The van der Waals surface area contributed by atoms with Gasteiger partial charge in [-0.25, -0.2) is 4.39 Å². The predicted octanol–water partition coefficient (Wildman–Crippen LogP) is 5.26. The lowest BCUT2D eigenvalue weighted by Gasteiger charge is -2.28. The Labute approximate surface area is 121 Å². The molecule has 1 atom stereocenters. The minimum Gasteiger partial charge on any atom is -0.313 e. The Kier molecular flexibility index (Phi) is 6.81. The molecule has 3 heteroatoms. The largest absolute Gasteiger partial charge is 0.313 e. The fourth-order valence-electron chi connectivity index (χ4n) is 2.78. The second kappa shape index (κ2) is 7.86. The molecule has 0 aliphatic rings. The number of hydrogen-bond acceptors (Lipinski definition) is 1. The molecule has 0 heterocycles. The van der Waals surface area contributed by atoms with Crippen LogP contribution in [-0.4, -0.2) is 7.05 Å². The van der Waals surface area contributed by atoms with E-state index in [1.807, 2.05) is 13.1 Å². The van der Waals surface area contributed by atoms with Crippen molar-refractivity contribution in [1.29, 1.82) is 0 Å². The molecule has 19 heavy (non-hydrogen) atoms. The fraction of sp³-hybridized carbons (Fsp3) is 0.625. The summed E-state index contributed by atoms with van der Waals surface area (Å²) in [5.74, 6) is 0.313. The number of halogens is 2. The number of aryl methyl sites for hydroxylation is 1. The molecule has 0 aliphatic carbocycles. The van der Waals surface area contributed by atoms with Gasteiger partial charge in [0.05, 0.1) is 0 Å². The number of benzene rings is 1. The Morgan fingerprint density at radius 2 is 1.79 bits per heavy atom. The Hall–Kier alpha value is -0.600. The summed E-state index contributed by atoms with van der Waals surface area (Å²) in [6.45, 7) is 6.19. The maximum atomic E-state index is 13.5. The van der Waals surface area contributed by atoms with E-state index in [-0.39, 0.29) is 11.9 Å². The van der Waals surface area contributed by atoms with Gasteiger partial charge in [-0.05, 0) is 49.9 Å². The molecule has 1 aromatic carbocycles. The van der Waals surface area contributed by atoms with E-state index in [0.717, 1.165) is 31.2 Å². The smallest absolute Gasteiger partial charge is 0.127 e. The van der Waals surface area contributed by atoms with Crippen molar-refractivity contribution in [2.75, 3.05) is 7.05 Å². The standard InChI is InChI=1S/C16H25ClFN/c1-5-7-12(8-6-2)16(19-4)13-9-11(3)15(18)10-14(13)17/h9-10,12,16,19H,5-8H2,1-4H3. The summed E-state index contributed by atoms with van der Waals surface area (Å²) in [5, 5.41) is 3.90. The third kappa shape index (κ3) is 4.19. The Morgan fingerprint density at radius 3 is 2.26 bits per heavy atom. The van der Waals surface area contributed by atoms with Crippen LogP contribution in [0.1, 0.15) is 56.7 Å². The third-order valence-electron chi connectivity index (χ3n) is 3.71. The molecule has 108 valence electrons. The highest BCUT2D eigenvalue weighted by atomic mass is 35.5. The van der Waals surface area contributed by atoms with Crippen LogP contribution in [0.25, 0.3) is 0 Å². The van der Waals surface area contributed by atoms with Gasteiger partial charge in [-0.15, -0.1) is 0 Å². The van der Waals surface area contributed by atoms with Crippen molar-refractivity contribution < 1.29 is 4.39 Å². The molecular weight excluding hydrogens is 261 g/mol. The van der Waals surface area contributed by atoms with Crippen LogP contribution in [0.5, 0.6) is 0 Å². The van der Waals surface area contributed by atoms with Crippen LogP contribution in [0.15, 0.2) is 12.1 Å². The molecule has 0 fully saturated rings. The fourth-order valence-corrected chi connectivity index (χ4v) is 3.05. The Bertz CT molecular complexity index is 400. The molecule has 1 unspecified atom stereocenters. The molecule has 1 aromatic rings. The number of hydrogen-bond donors (Lipinski definition) is 1. The van der Waals surface area contributed by atoms with Gasteiger partial charge in [0.2, 0.25) is 0 Å². The van der Waals surface area contributed by atoms with E-state index in [4.69, 9.17) is 11.6 Å². The lowest BCUT2D eigenvalue weighted by Crippen LogP contribution is -2.26. The van der Waals surface area contributed by atoms with Gasteiger partial charge in [0.25, 0.3) is 0 Å². The van der Waals surface area contributed by atoms with E-state index < -0.39 is 0 Å². The van der Waals surface area contributed by atoms with Gasteiger partial charge >= 0.3 is 0 Å². The van der Waals surface area contributed by atoms with E-state index in [1.165, 1.54) is 6.07 Å². The lowest BCUT2D eigenvalue weighted by atomic mass is 9.85. The first-order chi connectivity index (χ1) is 9.04. The molecule has 1 N–H and O–H groups in total. The summed E-state index contributed by atoms with van der Waals surface area (Å²) in [6.07, 6.45) is 4.62. The van der Waals surface area contributed by atoms with Crippen molar-refractivity contribution in [3.8, 4) is 0 Å². The first-order valence-electron chi connectivity index (χ1n) is 7.17. The number of rotatable bonds is 7. The molecule has 0 amide bonds. The highest BCUT2D eigenvalue weighted by Crippen LogP contribution is 2.34. The summed E-state index contributed by atoms with van der Waals surface area (Å²) in [5.41, 5.74) is 1.68. The van der Waals surface area contributed by atoms with E-state index in [9.17, 15) is 4.39 Å². The summed E-state index contributed by atoms with van der Waals surface area (Å²) < 4.78 is 13.5. The normalized spacial score (nSPS) is 13.0. The summed E-state index contributed by atoms with van der Waals surface area (Å²) >= 11 is 6.24. The highest BCUT2D eigenvalue weighted by Gasteiger charge is 2.23. The molecule has 0 spiro atoms. The van der Waals surface area contributed by atoms with Gasteiger partial charge < -0.3 is 5.32 Å². The van der Waals surface area contributed by atoms with Crippen LogP contribution in [0.4, 0.5) is 4.39 Å². The van der Waals surface area contributed by atoms with Gasteiger partial charge in [-0.2, -0.15) is 0 Å². The average molecular weight is 286 g/mol. The summed E-state index contributed by atoms with van der Waals surface area (Å²) in [7, 11) is 1.96. The van der Waals surface area contributed by atoms with Gasteiger partial charge in [0.15, 0.2) is 0 Å². The van der Waals surface area contributed by atoms with Crippen molar-refractivity contribution >= 4 is 11.6 Å². The van der Waals surface area contributed by atoms with Crippen LogP contribution >= 0.6 is 11.6 Å². The molecule has 0 aromatic heterocycles. The molecule has 0 radical (unpaired) electrons. The van der Waals surface area contributed by atoms with Crippen LogP contribution in [-0.2, 0) is 0 Å². The van der Waals surface area contributed by atoms with Crippen molar-refractivity contribution in [3.05, 3.63) is 34.1 Å². The Morgan fingerprint density at radius 1 is 1.21 bits per heavy atom. The SMILES string of the molecule is CCCC(CCC)C(NC)c1cc(C)c(F)cc1Cl. The maximum absolute atomic E-state index is 13.5. The minimum atomic E-state index is -0.230. The van der Waals surface area contributed by atoms with Crippen LogP contribution in [0, 0.1) is 18.7 Å². The summed E-state index contributed by atoms with van der Waals surface area (Å²) in [4.78, 5) is 0. The molecule has 0 saturated carbocycles. The maximum Gasteiger partial charge on any atom is 0.127 e. The highest BCUT2D eigenvalue weighted by molar-refractivity contribution is 6.31. The molecule has 1 rings (SSSR count). The average Bonchev–Trinajstić information content (AvgIpc) is 2.37. The van der Waals surface area contributed by atoms with E-state index >= 15 is 0 Å². The third-order valence-corrected chi connectivity index (χ3v) is 4.04. The van der Waals surface area contributed by atoms with E-state index in [0.29, 0.717) is 16.5 Å². The van der Waals surface area contributed by atoms with Gasteiger partial charge in [-0.3, -0.25) is 0 Å². The van der Waals surface area contributed by atoms with Crippen molar-refractivity contribution in [3.63, 3.8) is 0 Å². The van der Waals surface area contributed by atoms with Crippen LogP contribution in [0.2, 0.25) is 5.02 Å². The molecule has 0 bridgehead atoms. The Balaban J connectivity index is 3.10. The lowest BCUT2D eigenvalue weighted by molar-refractivity contribution is 0.330. The second-order valence-corrected chi connectivity index (χ2v) is 5.63. The zero-order valence-electron chi connectivity index (χ0n) is 12.4. The monoisotopic (exact) mass is 285 g/mol. The minimum absolute atomic E-state index is 0.201. The quantitative estimate of drug-likeness (QED) is 0.720. The predicted molar refractivity (Wildman–Crippen MR) is 81.3 cm³/mol. The van der Waals surface area contributed by atoms with Crippen molar-refractivity contribution in [1.82, 2.24) is 5.32 Å². The zero-order chi connectivity index (χ0) is 14.4. The zero-order valence-corrected chi connectivity index (χ0v) is 13.1. The first kappa shape index (κ1) is 16.5. The van der Waals surface area contributed by atoms with Crippen molar-refractivity contribution in [2.45, 2.75) is 52.5 Å². The van der Waals surface area contributed by atoms with E-state index in [2.05, 4.69) is 19.2 Å². The number of nitrogens with one attached hydrogen (secondary N) is 1.